The summed E-state index contributed by atoms with van der Waals surface area (Å²) in [6.45, 7) is 2.46. The van der Waals surface area contributed by atoms with Crippen LogP contribution in [-0.2, 0) is 24.3 Å². The van der Waals surface area contributed by atoms with Crippen molar-refractivity contribution in [2.24, 2.45) is 7.05 Å². The van der Waals surface area contributed by atoms with Crippen molar-refractivity contribution in [3.05, 3.63) is 58.0 Å². The molecule has 1 amide bonds. The predicted octanol–water partition coefficient (Wildman–Crippen LogP) is 1.99. The number of piperazine rings is 1. The number of nitrogens with one attached hydrogen (secondary N) is 2. The zero-order valence-corrected chi connectivity index (χ0v) is 17.2. The summed E-state index contributed by atoms with van der Waals surface area (Å²) in [6, 6.07) is 7.82. The molecular weight excluding hydrogens is 406 g/mol. The van der Waals surface area contributed by atoms with Gasteiger partial charge in [-0.2, -0.15) is 5.10 Å². The van der Waals surface area contributed by atoms with Crippen molar-refractivity contribution in [1.82, 2.24) is 20.1 Å². The molecule has 1 saturated heterocycles. The maximum Gasteiger partial charge on any atom is 0.293 e. The Morgan fingerprint density at radius 1 is 1.26 bits per heavy atom. The van der Waals surface area contributed by atoms with Gasteiger partial charge in [0.2, 0.25) is 5.91 Å². The van der Waals surface area contributed by atoms with Gasteiger partial charge < -0.3 is 15.5 Å². The third-order valence-electron chi connectivity index (χ3n) is 5.17. The molecule has 1 aliphatic rings. The van der Waals surface area contributed by atoms with E-state index in [1.165, 1.54) is 30.1 Å². The molecule has 3 aromatic rings. The van der Waals surface area contributed by atoms with Gasteiger partial charge in [0.1, 0.15) is 5.52 Å². The second-order valence-electron chi connectivity index (χ2n) is 7.53. The van der Waals surface area contributed by atoms with Crippen LogP contribution in [0.1, 0.15) is 18.1 Å². The number of alkyl halides is 2. The third kappa shape index (κ3) is 4.24. The number of nitrogens with zero attached hydrogens (tertiary/aromatic N) is 4. The fraction of sp³-hybridized carbons (Fsp3) is 0.333. The number of halogens is 2. The SMILES string of the molecule is Cn1nc(NCc2cccc(C(C)(F)F)c2)c2cc(N3CCNCC3=O)cnc2c1=O. The van der Waals surface area contributed by atoms with Crippen LogP contribution < -0.4 is 21.1 Å². The first-order valence-electron chi connectivity index (χ1n) is 9.83. The molecule has 1 aliphatic heterocycles. The number of benzene rings is 1. The highest BCUT2D eigenvalue weighted by Crippen LogP contribution is 2.28. The Bertz CT molecular complexity index is 1200. The van der Waals surface area contributed by atoms with E-state index in [4.69, 9.17) is 0 Å². The number of pyridine rings is 1. The zero-order valence-electron chi connectivity index (χ0n) is 17.2. The Kier molecular flexibility index (Phi) is 5.40. The van der Waals surface area contributed by atoms with E-state index >= 15 is 0 Å². The molecule has 0 radical (unpaired) electrons. The van der Waals surface area contributed by atoms with Crippen molar-refractivity contribution in [3.8, 4) is 0 Å². The fourth-order valence-corrected chi connectivity index (χ4v) is 3.50. The lowest BCUT2D eigenvalue weighted by Crippen LogP contribution is -2.48. The minimum Gasteiger partial charge on any atom is -0.364 e. The summed E-state index contributed by atoms with van der Waals surface area (Å²) >= 11 is 0. The number of amides is 1. The lowest BCUT2D eigenvalue weighted by Gasteiger charge is -2.27. The van der Waals surface area contributed by atoms with Crippen molar-refractivity contribution in [1.29, 1.82) is 0 Å². The highest BCUT2D eigenvalue weighted by molar-refractivity contribution is 5.98. The summed E-state index contributed by atoms with van der Waals surface area (Å²) in [5.41, 5.74) is 0.978. The number of fused-ring (bicyclic) bond motifs is 1. The highest BCUT2D eigenvalue weighted by Gasteiger charge is 2.24. The Morgan fingerprint density at radius 2 is 2.06 bits per heavy atom. The molecule has 10 heteroatoms. The minimum absolute atomic E-state index is 0.0775. The number of carbonyl (C=O) groups is 1. The predicted molar refractivity (Wildman–Crippen MR) is 113 cm³/mol. The van der Waals surface area contributed by atoms with Crippen LogP contribution in [0, 0.1) is 0 Å². The van der Waals surface area contributed by atoms with Gasteiger partial charge in [-0.15, -0.1) is 0 Å². The summed E-state index contributed by atoms with van der Waals surface area (Å²) in [5.74, 6) is -2.65. The van der Waals surface area contributed by atoms with Crippen LogP contribution in [0.5, 0.6) is 0 Å². The molecule has 162 valence electrons. The standard InChI is InChI=1S/C21H22F2N6O2/c1-21(22,23)14-5-3-4-13(8-14)10-26-19-16-9-15(29-7-6-24-12-17(29)30)11-25-18(16)20(31)28(2)27-19/h3-5,8-9,11,24H,6-7,10,12H2,1-2H3,(H,26,27). The van der Waals surface area contributed by atoms with Crippen LogP contribution >= 0.6 is 0 Å². The lowest BCUT2D eigenvalue weighted by atomic mass is 10.1. The molecule has 3 heterocycles. The molecule has 1 fully saturated rings. The summed E-state index contributed by atoms with van der Waals surface area (Å²) in [6.07, 6.45) is 1.50. The van der Waals surface area contributed by atoms with Gasteiger partial charge in [0.05, 0.1) is 23.8 Å². The van der Waals surface area contributed by atoms with Gasteiger partial charge in [-0.1, -0.05) is 18.2 Å². The van der Waals surface area contributed by atoms with Gasteiger partial charge in [0, 0.05) is 39.2 Å². The molecule has 0 aliphatic carbocycles. The number of hydrogen-bond acceptors (Lipinski definition) is 6. The number of rotatable bonds is 5. The van der Waals surface area contributed by atoms with Gasteiger partial charge in [-0.05, 0) is 17.7 Å². The molecule has 1 aromatic carbocycles. The molecule has 4 rings (SSSR count). The molecule has 8 nitrogen and oxygen atoms in total. The Balaban J connectivity index is 1.70. The van der Waals surface area contributed by atoms with E-state index in [1.807, 2.05) is 0 Å². The van der Waals surface area contributed by atoms with Gasteiger partial charge in [-0.25, -0.2) is 18.4 Å². The van der Waals surface area contributed by atoms with Crippen molar-refractivity contribution in [2.75, 3.05) is 29.9 Å². The Morgan fingerprint density at radius 3 is 2.81 bits per heavy atom. The summed E-state index contributed by atoms with van der Waals surface area (Å²) < 4.78 is 28.5. The van der Waals surface area contributed by atoms with E-state index < -0.39 is 5.92 Å². The van der Waals surface area contributed by atoms with Crippen LogP contribution in [0.3, 0.4) is 0 Å². The average Bonchev–Trinajstić information content (AvgIpc) is 2.75. The van der Waals surface area contributed by atoms with Crippen LogP contribution in [0.2, 0.25) is 0 Å². The largest absolute Gasteiger partial charge is 0.364 e. The molecule has 0 bridgehead atoms. The number of aryl methyl sites for hydroxylation is 1. The normalized spacial score (nSPS) is 14.8. The van der Waals surface area contributed by atoms with E-state index in [1.54, 1.807) is 23.1 Å². The second-order valence-corrected chi connectivity index (χ2v) is 7.53. The molecular formula is C21H22F2N6O2. The summed E-state index contributed by atoms with van der Waals surface area (Å²) in [5, 5.41) is 10.9. The number of anilines is 2. The maximum absolute atomic E-state index is 13.6. The Labute approximate surface area is 176 Å². The maximum atomic E-state index is 13.6. The summed E-state index contributed by atoms with van der Waals surface area (Å²) in [4.78, 5) is 30.6. The number of aromatic nitrogens is 3. The third-order valence-corrected chi connectivity index (χ3v) is 5.17. The monoisotopic (exact) mass is 428 g/mol. The van der Waals surface area contributed by atoms with Crippen molar-refractivity contribution in [2.45, 2.75) is 19.4 Å². The lowest BCUT2D eigenvalue weighted by molar-refractivity contribution is -0.118. The van der Waals surface area contributed by atoms with Gasteiger partial charge in [0.25, 0.3) is 11.5 Å². The zero-order chi connectivity index (χ0) is 22.2. The minimum atomic E-state index is -2.94. The molecule has 2 N–H and O–H groups in total. The Hall–Kier alpha value is -3.40. The van der Waals surface area contributed by atoms with Crippen molar-refractivity contribution in [3.63, 3.8) is 0 Å². The topological polar surface area (TPSA) is 92.2 Å². The second kappa shape index (κ2) is 8.03. The van der Waals surface area contributed by atoms with E-state index in [9.17, 15) is 18.4 Å². The van der Waals surface area contributed by atoms with E-state index in [0.29, 0.717) is 35.5 Å². The fourth-order valence-electron chi connectivity index (χ4n) is 3.50. The number of carbonyl (C=O) groups excluding carboxylic acids is 1. The van der Waals surface area contributed by atoms with E-state index in [2.05, 4.69) is 20.7 Å². The quantitative estimate of drug-likeness (QED) is 0.646. The van der Waals surface area contributed by atoms with Crippen LogP contribution in [0.15, 0.2) is 41.3 Å². The van der Waals surface area contributed by atoms with Gasteiger partial charge in [0.15, 0.2) is 5.82 Å². The first-order valence-corrected chi connectivity index (χ1v) is 9.83. The highest BCUT2D eigenvalue weighted by atomic mass is 19.3. The molecule has 0 saturated carbocycles. The molecule has 2 aromatic heterocycles. The molecule has 0 atom stereocenters. The first-order chi connectivity index (χ1) is 14.7. The van der Waals surface area contributed by atoms with Crippen LogP contribution in [0.4, 0.5) is 20.3 Å². The van der Waals surface area contributed by atoms with Gasteiger partial charge >= 0.3 is 0 Å². The van der Waals surface area contributed by atoms with E-state index in [0.717, 1.165) is 6.92 Å². The van der Waals surface area contributed by atoms with Crippen molar-refractivity contribution >= 4 is 28.3 Å². The molecule has 0 unspecified atom stereocenters. The molecule has 0 spiro atoms. The molecule has 31 heavy (non-hydrogen) atoms. The van der Waals surface area contributed by atoms with E-state index in [-0.39, 0.29) is 35.6 Å². The summed E-state index contributed by atoms with van der Waals surface area (Å²) in [7, 11) is 1.51. The van der Waals surface area contributed by atoms with Crippen LogP contribution in [0.25, 0.3) is 10.9 Å². The first kappa shape index (κ1) is 20.9. The smallest absolute Gasteiger partial charge is 0.293 e. The van der Waals surface area contributed by atoms with Crippen molar-refractivity contribution < 1.29 is 13.6 Å². The van der Waals surface area contributed by atoms with Gasteiger partial charge in [-0.3, -0.25) is 9.59 Å². The number of hydrogen-bond donors (Lipinski definition) is 2. The average molecular weight is 428 g/mol. The van der Waals surface area contributed by atoms with Crippen LogP contribution in [-0.4, -0.2) is 40.3 Å².